The zero-order chi connectivity index (χ0) is 38.8. The summed E-state index contributed by atoms with van der Waals surface area (Å²) in [5, 5.41) is 10.5. The maximum atomic E-state index is 11.6. The minimum Gasteiger partial charge on any atom is -0.478 e. The van der Waals surface area contributed by atoms with Gasteiger partial charge in [-0.2, -0.15) is 6.92 Å². The largest absolute Gasteiger partial charge is 2.00 e. The molecule has 0 aromatic rings. The number of carbonyl (C=O) groups excluding carboxylic acids is 3. The third-order valence-corrected chi connectivity index (χ3v) is 6.42. The van der Waals surface area contributed by atoms with Crippen molar-refractivity contribution in [1.82, 2.24) is 31.1 Å². The van der Waals surface area contributed by atoms with Gasteiger partial charge >= 0.3 is 63.2 Å². The Morgan fingerprint density at radius 3 is 0.793 bits per heavy atom. The van der Waals surface area contributed by atoms with Crippen molar-refractivity contribution in [3.8, 4) is 0 Å². The van der Waals surface area contributed by atoms with E-state index < -0.39 is 22.3 Å². The maximum absolute atomic E-state index is 11.6. The van der Waals surface area contributed by atoms with Crippen molar-refractivity contribution in [2.24, 2.45) is 0 Å². The van der Waals surface area contributed by atoms with E-state index in [0.29, 0.717) is 0 Å². The molecule has 3 saturated heterocycles. The van der Waals surface area contributed by atoms with Crippen LogP contribution in [0.15, 0.2) is 0 Å². The first kappa shape index (κ1) is 105. The summed E-state index contributed by atoms with van der Waals surface area (Å²) < 4.78 is 7.73. The fraction of sp³-hybridized carbons (Fsp3) is 0.625. The van der Waals surface area contributed by atoms with E-state index in [1.54, 1.807) is 34.6 Å². The summed E-state index contributed by atoms with van der Waals surface area (Å²) in [4.78, 5) is 37.0. The van der Waals surface area contributed by atoms with Gasteiger partial charge in [0, 0.05) is 154 Å². The maximum Gasteiger partial charge on any atom is 2.00 e. The average molecular weight is 1670 g/mol. The second-order valence-electron chi connectivity index (χ2n) is 13.9. The Kier molecular flexibility index (Phi) is 97.0. The van der Waals surface area contributed by atoms with Crippen molar-refractivity contribution >= 4 is 17.7 Å². The van der Waals surface area contributed by atoms with Crippen LogP contribution >= 0.6 is 0 Å². The SMILES string of the molecule is CC1(C)NC(=O)C(C)(C)N1.[3H]N1C(C)(C)C(=O)N([CH2-])C1(C)C.[CH2-]C.[CH2-]CC[CH2-].[CH2-]CC[CH2-].[CH2-]CC[CH2-].[CH2-]N1C(=O)C(C)(C)NC1(C)C.[CH3-].[CH3-].[CH3-].[V].[V].[V].[W+2].[W+2].[W+2].[Y].[Y].[Y]. The van der Waals surface area contributed by atoms with E-state index in [9.17, 15) is 14.4 Å². The minimum atomic E-state index is -0.759. The van der Waals surface area contributed by atoms with Gasteiger partial charge in [-0.3, -0.25) is 44.4 Å². The van der Waals surface area contributed by atoms with Crippen LogP contribution in [0.1, 0.15) is 129 Å². The molecule has 4 N–H and O–H groups in total. The fourth-order valence-electron chi connectivity index (χ4n) is 4.16. The third-order valence-electron chi connectivity index (χ3n) is 6.42. The van der Waals surface area contributed by atoms with Gasteiger partial charge in [0.25, 0.3) is 0 Å². The molecule has 0 aromatic heterocycles. The number of hydrogen-bond donors (Lipinski definition) is 4. The molecule has 0 bridgehead atoms. The first-order valence-corrected chi connectivity index (χ1v) is 16.0. The van der Waals surface area contributed by atoms with Gasteiger partial charge in [0.1, 0.15) is 1.41 Å². The zero-order valence-electron chi connectivity index (χ0n) is 40.5. The molecule has 3 aliphatic rings. The van der Waals surface area contributed by atoms with Crippen molar-refractivity contribution in [2.75, 3.05) is 0 Å². The average Bonchev–Trinajstić information content (AvgIpc) is 3.32. The Bertz CT molecular complexity index is 937. The molecule has 9 nitrogen and oxygen atoms in total. The van der Waals surface area contributed by atoms with Gasteiger partial charge in [0.15, 0.2) is 0 Å². The zero-order valence-corrected chi connectivity index (χ0v) is 61.0. The Balaban J connectivity index is -0.0000000267. The number of nitrogens with zero attached hydrogens (tertiary/aromatic N) is 2. The molecule has 0 unspecified atom stereocenters. The van der Waals surface area contributed by atoms with Crippen LogP contribution in [0.3, 0.4) is 0 Å². The number of carbonyl (C=O) groups is 3. The smallest absolute Gasteiger partial charge is 0.478 e. The van der Waals surface area contributed by atoms with Crippen LogP contribution in [0.2, 0.25) is 1.41 Å². The summed E-state index contributed by atoms with van der Waals surface area (Å²) in [7, 11) is 7.33. The Morgan fingerprint density at radius 1 is 0.500 bits per heavy atom. The van der Waals surface area contributed by atoms with E-state index >= 15 is 0 Å². The molecule has 338 valence electrons. The molecule has 18 heteroatoms. The Morgan fingerprint density at radius 2 is 0.741 bits per heavy atom. The minimum absolute atomic E-state index is 0. The van der Waals surface area contributed by atoms with Gasteiger partial charge in [0.05, 0.1) is 33.6 Å². The van der Waals surface area contributed by atoms with Crippen molar-refractivity contribution in [3.05, 3.63) is 84.8 Å². The predicted octanol–water partition coefficient (Wildman–Crippen LogP) is 8.14. The van der Waals surface area contributed by atoms with Crippen LogP contribution < -0.4 is 21.3 Å². The molecule has 0 atom stereocenters. The topological polar surface area (TPSA) is 106 Å². The molecule has 0 aliphatic carbocycles. The van der Waals surface area contributed by atoms with Crippen molar-refractivity contribution in [1.29, 1.82) is 0 Å². The van der Waals surface area contributed by atoms with Crippen LogP contribution in [0.25, 0.3) is 0 Å². The van der Waals surface area contributed by atoms with Gasteiger partial charge < -0.3 is 85.9 Å². The summed E-state index contributed by atoms with van der Waals surface area (Å²) in [5.41, 5.74) is -2.82. The molecule has 3 heterocycles. The summed E-state index contributed by atoms with van der Waals surface area (Å²) in [6, 6.07) is 0. The summed E-state index contributed by atoms with van der Waals surface area (Å²) in [5.74, 6) is 0.00231. The molecule has 3 rings (SSSR count). The molecule has 3 aliphatic heterocycles. The number of hydrogen-bond acceptors (Lipinski definition) is 6. The van der Waals surface area contributed by atoms with E-state index in [1.165, 1.54) is 15.1 Å². The summed E-state index contributed by atoms with van der Waals surface area (Å²) >= 11 is 0. The predicted molar refractivity (Wildman–Crippen MR) is 217 cm³/mol. The number of rotatable bonds is 3. The Labute approximate surface area is 520 Å². The molecule has 6 radical (unpaired) electrons. The molecule has 0 spiro atoms. The molecule has 0 saturated carbocycles. The summed E-state index contributed by atoms with van der Waals surface area (Å²) in [6.45, 7) is 48.6. The van der Waals surface area contributed by atoms with Crippen LogP contribution in [0.4, 0.5) is 0 Å². The van der Waals surface area contributed by atoms with Crippen LogP contribution in [-0.4, -0.2) is 61.1 Å². The quantitative estimate of drug-likeness (QED) is 0.213. The van der Waals surface area contributed by atoms with Gasteiger partial charge in [0.2, 0.25) is 17.7 Å². The first-order valence-electron chi connectivity index (χ1n) is 16.5. The summed E-state index contributed by atoms with van der Waals surface area (Å²) in [6.07, 6.45) is 5.75. The molecule has 58 heavy (non-hydrogen) atoms. The van der Waals surface area contributed by atoms with Crippen molar-refractivity contribution in [2.45, 2.75) is 162 Å². The van der Waals surface area contributed by atoms with Gasteiger partial charge in [-0.05, 0) is 83.1 Å². The second kappa shape index (κ2) is 53.4. The van der Waals surface area contributed by atoms with Gasteiger partial charge in [-0.15, -0.1) is 0 Å². The van der Waals surface area contributed by atoms with Crippen LogP contribution in [-0.2, 0) is 231 Å². The monoisotopic (exact) mass is 1670 g/mol. The molecule has 3 amide bonds. The van der Waals surface area contributed by atoms with Crippen LogP contribution in [0, 0.1) is 84.8 Å². The fourth-order valence-corrected chi connectivity index (χ4v) is 4.16. The Hall–Kier alpha value is 5.42. The van der Waals surface area contributed by atoms with E-state index in [1.807, 2.05) is 55.4 Å². The molecule has 3 fully saturated rings. The first-order chi connectivity index (χ1) is 21.1. The van der Waals surface area contributed by atoms with E-state index in [4.69, 9.17) is 1.41 Å². The second-order valence-corrected chi connectivity index (χ2v) is 13.9. The van der Waals surface area contributed by atoms with Gasteiger partial charge in [-0.25, -0.2) is 38.5 Å². The number of unbranched alkanes of at least 4 members (excludes halogenated alkanes) is 3. The molecular weight excluding hydrogens is 1580 g/mol. The standard InChI is InChI=1S/2C8H15N2O.C7H14N2O.3C4H8.C2H5.3CH3.3V.3W.3Y/c2*1-7(2)6(11)10(5)8(3,4)9-7;1-6(2)5(10)8-7(3,4)9-6;3*1-3-4-2;1-2;;;;;;;;;;;;/h2*9H,5H2,1-4H3;9H,1-4H3,(H,8,10);3*1-4H2;1H2,2H3;3*1H3;;;;;;;;;/q2*-1;;3*-2;4*-1;;;;3*+2;;;/i/hT. The molecule has 0 aromatic carbocycles. The van der Waals surface area contributed by atoms with Crippen molar-refractivity contribution < 1.29 is 233 Å². The normalized spacial score (nSPS) is 17.6. The van der Waals surface area contributed by atoms with E-state index in [0.717, 1.165) is 38.5 Å². The third kappa shape index (κ3) is 46.5. The number of amides is 3. The van der Waals surface area contributed by atoms with Gasteiger partial charge in [-0.1, -0.05) is 0 Å². The van der Waals surface area contributed by atoms with E-state index in [-0.39, 0.29) is 268 Å². The van der Waals surface area contributed by atoms with Crippen molar-refractivity contribution in [3.63, 3.8) is 0 Å². The number of nitrogens with one attached hydrogen (secondary N) is 4. The van der Waals surface area contributed by atoms with Crippen LogP contribution in [0.5, 0.6) is 0 Å². The van der Waals surface area contributed by atoms with E-state index in [2.05, 4.69) is 78.5 Å². The molecular formula is C40H82N6O3V3W3Y3-6.